The summed E-state index contributed by atoms with van der Waals surface area (Å²) >= 11 is 0. The van der Waals surface area contributed by atoms with E-state index in [4.69, 9.17) is 4.74 Å². The van der Waals surface area contributed by atoms with Crippen molar-refractivity contribution in [2.45, 2.75) is 54.1 Å². The van der Waals surface area contributed by atoms with Gasteiger partial charge in [0.1, 0.15) is 10.7 Å². The van der Waals surface area contributed by atoms with Crippen LogP contribution >= 0.6 is 0 Å². The van der Waals surface area contributed by atoms with Crippen molar-refractivity contribution in [3.8, 4) is 0 Å². The number of carbonyl (C=O) groups excluding carboxylic acids is 1. The molecule has 6 nitrogen and oxygen atoms in total. The summed E-state index contributed by atoms with van der Waals surface area (Å²) in [4.78, 5) is 12.7. The van der Waals surface area contributed by atoms with Crippen LogP contribution in [0, 0.1) is 5.82 Å². The molecule has 0 bridgehead atoms. The first-order chi connectivity index (χ1) is 14.1. The number of hydrogen-bond donors (Lipinski definition) is 1. The topological polar surface area (TPSA) is 83.9 Å². The number of benzene rings is 2. The Hall–Kier alpha value is -2.29. The Morgan fingerprint density at radius 3 is 2.73 bits per heavy atom. The summed E-state index contributed by atoms with van der Waals surface area (Å²) in [6, 6.07) is 8.74. The highest BCUT2D eigenvalue weighted by Gasteiger charge is 2.36. The predicted molar refractivity (Wildman–Crippen MR) is 109 cm³/mol. The molecule has 1 fully saturated rings. The van der Waals surface area contributed by atoms with E-state index in [9.17, 15) is 18.3 Å². The zero-order chi connectivity index (χ0) is 21.7. The van der Waals surface area contributed by atoms with Crippen molar-refractivity contribution in [2.24, 2.45) is 0 Å². The molecule has 2 atom stereocenters. The lowest BCUT2D eigenvalue weighted by molar-refractivity contribution is -0.118. The number of amides is 1. The normalized spacial score (nSPS) is 24.6. The smallest absolute Gasteiger partial charge is 0.227 e. The van der Waals surface area contributed by atoms with Gasteiger partial charge in [-0.25, -0.2) is 12.8 Å². The maximum atomic E-state index is 15.2. The maximum Gasteiger partial charge on any atom is 0.227 e. The molecule has 2 aliphatic rings. The van der Waals surface area contributed by atoms with Crippen LogP contribution < -0.4 is 4.90 Å². The van der Waals surface area contributed by atoms with Crippen LogP contribution in [0.3, 0.4) is 0 Å². The average Bonchev–Trinajstić information content (AvgIpc) is 2.71. The number of carbonyl (C=O) groups is 1. The zero-order valence-electron chi connectivity index (χ0n) is 16.9. The Morgan fingerprint density at radius 1 is 1.23 bits per heavy atom. The van der Waals surface area contributed by atoms with Gasteiger partial charge in [-0.2, -0.15) is 0 Å². The van der Waals surface area contributed by atoms with Crippen molar-refractivity contribution in [2.75, 3.05) is 18.6 Å². The standard InChI is InChI=1S/C22H24FNO5S/c1-14-13-22(26,10-11-29-14)15-4-3-5-16(12-15)30(27,28)19-8-7-18-17(21(19)23)6-9-20(25)24(18)2/h3-5,7-8,12,14,26H,6,9-11,13H2,1-2H3. The van der Waals surface area contributed by atoms with Gasteiger partial charge in [0.05, 0.1) is 23.2 Å². The van der Waals surface area contributed by atoms with Crippen molar-refractivity contribution in [3.05, 3.63) is 53.3 Å². The van der Waals surface area contributed by atoms with Crippen LogP contribution in [0.15, 0.2) is 46.2 Å². The van der Waals surface area contributed by atoms with Crippen LogP contribution in [0.2, 0.25) is 0 Å². The molecule has 160 valence electrons. The number of halogens is 1. The van der Waals surface area contributed by atoms with Crippen molar-refractivity contribution in [1.29, 1.82) is 0 Å². The third-order valence-electron chi connectivity index (χ3n) is 6.02. The van der Waals surface area contributed by atoms with E-state index in [1.165, 1.54) is 29.2 Å². The van der Waals surface area contributed by atoms with Gasteiger partial charge < -0.3 is 14.7 Å². The average molecular weight is 434 g/mol. The summed E-state index contributed by atoms with van der Waals surface area (Å²) in [6.07, 6.45) is 0.845. The maximum absolute atomic E-state index is 15.2. The molecule has 2 aromatic carbocycles. The molecular formula is C22H24FNO5S. The van der Waals surface area contributed by atoms with E-state index in [1.54, 1.807) is 19.2 Å². The lowest BCUT2D eigenvalue weighted by Gasteiger charge is -2.36. The minimum absolute atomic E-state index is 0.0772. The lowest BCUT2D eigenvalue weighted by atomic mass is 9.84. The molecule has 2 unspecified atom stereocenters. The van der Waals surface area contributed by atoms with E-state index in [1.807, 2.05) is 6.92 Å². The number of ether oxygens (including phenoxy) is 1. The van der Waals surface area contributed by atoms with Crippen LogP contribution in [0.4, 0.5) is 10.1 Å². The van der Waals surface area contributed by atoms with E-state index in [0.717, 1.165) is 0 Å². The Bertz CT molecular complexity index is 1120. The molecule has 0 aliphatic carbocycles. The lowest BCUT2D eigenvalue weighted by Crippen LogP contribution is -2.37. The molecular weight excluding hydrogens is 409 g/mol. The number of hydrogen-bond acceptors (Lipinski definition) is 5. The molecule has 0 saturated carbocycles. The fourth-order valence-electron chi connectivity index (χ4n) is 4.29. The fraction of sp³-hybridized carbons (Fsp3) is 0.409. The summed E-state index contributed by atoms with van der Waals surface area (Å²) in [6.45, 7) is 2.23. The number of sulfone groups is 1. The van der Waals surface area contributed by atoms with Gasteiger partial charge in [0.25, 0.3) is 0 Å². The molecule has 1 saturated heterocycles. The molecule has 2 aromatic rings. The predicted octanol–water partition coefficient (Wildman–Crippen LogP) is 2.95. The summed E-state index contributed by atoms with van der Waals surface area (Å²) in [5.41, 5.74) is -0.101. The van der Waals surface area contributed by atoms with Gasteiger partial charge in [0, 0.05) is 37.6 Å². The molecule has 0 spiro atoms. The Kier molecular flexibility index (Phi) is 5.20. The molecule has 0 aromatic heterocycles. The van der Waals surface area contributed by atoms with E-state index in [0.29, 0.717) is 30.7 Å². The Morgan fingerprint density at radius 2 is 2.00 bits per heavy atom. The van der Waals surface area contributed by atoms with Crippen LogP contribution in [0.25, 0.3) is 0 Å². The SMILES string of the molecule is CC1CC(O)(c2cccc(S(=O)(=O)c3ccc4c(c3F)CCC(=O)N4C)c2)CCO1. The summed E-state index contributed by atoms with van der Waals surface area (Å²) in [5.74, 6) is -0.959. The highest BCUT2D eigenvalue weighted by atomic mass is 32.2. The van der Waals surface area contributed by atoms with Gasteiger partial charge >= 0.3 is 0 Å². The van der Waals surface area contributed by atoms with E-state index >= 15 is 4.39 Å². The van der Waals surface area contributed by atoms with Crippen LogP contribution in [0.5, 0.6) is 0 Å². The van der Waals surface area contributed by atoms with Crippen molar-refractivity contribution in [1.82, 2.24) is 0 Å². The number of rotatable bonds is 3. The van der Waals surface area contributed by atoms with Crippen molar-refractivity contribution in [3.63, 3.8) is 0 Å². The molecule has 1 N–H and O–H groups in total. The number of aliphatic hydroxyl groups is 1. The van der Waals surface area contributed by atoms with Gasteiger partial charge in [-0.1, -0.05) is 12.1 Å². The third kappa shape index (κ3) is 3.42. The van der Waals surface area contributed by atoms with Gasteiger partial charge in [-0.3, -0.25) is 4.79 Å². The third-order valence-corrected chi connectivity index (χ3v) is 7.79. The molecule has 2 aliphatic heterocycles. The molecule has 0 radical (unpaired) electrons. The van der Waals surface area contributed by atoms with E-state index in [2.05, 4.69) is 0 Å². The molecule has 4 rings (SSSR count). The summed E-state index contributed by atoms with van der Waals surface area (Å²) < 4.78 is 47.3. The first-order valence-electron chi connectivity index (χ1n) is 9.91. The minimum atomic E-state index is -4.16. The largest absolute Gasteiger partial charge is 0.385 e. The van der Waals surface area contributed by atoms with Gasteiger partial charge in [0.2, 0.25) is 15.7 Å². The second kappa shape index (κ2) is 7.44. The zero-order valence-corrected chi connectivity index (χ0v) is 17.7. The van der Waals surface area contributed by atoms with Crippen molar-refractivity contribution >= 4 is 21.4 Å². The summed E-state index contributed by atoms with van der Waals surface area (Å²) in [7, 11) is -2.61. The number of anilines is 1. The van der Waals surface area contributed by atoms with Crippen molar-refractivity contribution < 1.29 is 27.4 Å². The first-order valence-corrected chi connectivity index (χ1v) is 11.4. The van der Waals surface area contributed by atoms with Gasteiger partial charge in [-0.15, -0.1) is 0 Å². The van der Waals surface area contributed by atoms with Crippen LogP contribution in [0.1, 0.15) is 37.3 Å². The highest BCUT2D eigenvalue weighted by Crippen LogP contribution is 2.38. The second-order valence-corrected chi connectivity index (χ2v) is 9.94. The molecule has 30 heavy (non-hydrogen) atoms. The molecule has 2 heterocycles. The van der Waals surface area contributed by atoms with E-state index in [-0.39, 0.29) is 35.3 Å². The first kappa shape index (κ1) is 21.0. The Balaban J connectivity index is 1.76. The molecule has 1 amide bonds. The van der Waals surface area contributed by atoms with Gasteiger partial charge in [-0.05, 0) is 43.2 Å². The monoisotopic (exact) mass is 433 g/mol. The fourth-order valence-corrected chi connectivity index (χ4v) is 5.69. The Labute approximate surface area is 175 Å². The van der Waals surface area contributed by atoms with Gasteiger partial charge in [0.15, 0.2) is 0 Å². The van der Waals surface area contributed by atoms with Crippen LogP contribution in [-0.2, 0) is 31.4 Å². The summed E-state index contributed by atoms with van der Waals surface area (Å²) in [5, 5.41) is 11.1. The van der Waals surface area contributed by atoms with Crippen LogP contribution in [-0.4, -0.2) is 39.2 Å². The number of nitrogens with zero attached hydrogens (tertiary/aromatic N) is 1. The second-order valence-electron chi connectivity index (χ2n) is 8.03. The highest BCUT2D eigenvalue weighted by molar-refractivity contribution is 7.91. The quantitative estimate of drug-likeness (QED) is 0.805. The van der Waals surface area contributed by atoms with E-state index < -0.39 is 26.2 Å². The molecule has 8 heteroatoms. The number of fused-ring (bicyclic) bond motifs is 1. The minimum Gasteiger partial charge on any atom is -0.385 e.